The van der Waals surface area contributed by atoms with Crippen LogP contribution in [0.15, 0.2) is 60.8 Å². The summed E-state index contributed by atoms with van der Waals surface area (Å²) in [6.07, 6.45) is 1.15. The van der Waals surface area contributed by atoms with E-state index in [0.717, 1.165) is 22.0 Å². The van der Waals surface area contributed by atoms with Crippen LogP contribution in [-0.4, -0.2) is 10.1 Å². The van der Waals surface area contributed by atoms with Crippen molar-refractivity contribution >= 4 is 10.9 Å². The lowest BCUT2D eigenvalue weighted by Gasteiger charge is -2.15. The normalized spacial score (nSPS) is 12.8. The van der Waals surface area contributed by atoms with Crippen LogP contribution in [0, 0.1) is 0 Å². The van der Waals surface area contributed by atoms with Gasteiger partial charge in [0, 0.05) is 11.6 Å². The van der Waals surface area contributed by atoms with Crippen molar-refractivity contribution in [1.82, 2.24) is 4.98 Å². The number of fused-ring (bicyclic) bond motifs is 1. The number of pyridine rings is 1. The summed E-state index contributed by atoms with van der Waals surface area (Å²) in [5.41, 5.74) is 4.01. The maximum absolute atomic E-state index is 10.7. The lowest BCUT2D eigenvalue weighted by Crippen LogP contribution is -2.01. The Labute approximate surface area is 125 Å². The third-order valence-corrected chi connectivity index (χ3v) is 3.89. The summed E-state index contributed by atoms with van der Waals surface area (Å²) in [7, 11) is 0. The van der Waals surface area contributed by atoms with Gasteiger partial charge < -0.3 is 5.11 Å². The minimum absolute atomic E-state index is 0.498. The highest BCUT2D eigenvalue weighted by Gasteiger charge is 2.13. The van der Waals surface area contributed by atoms with Gasteiger partial charge in [0.25, 0.3) is 0 Å². The summed E-state index contributed by atoms with van der Waals surface area (Å²) >= 11 is 0. The topological polar surface area (TPSA) is 33.1 Å². The van der Waals surface area contributed by atoms with Crippen LogP contribution >= 0.6 is 0 Å². The van der Waals surface area contributed by atoms with Crippen molar-refractivity contribution in [3.8, 4) is 0 Å². The van der Waals surface area contributed by atoms with Crippen molar-refractivity contribution in [2.45, 2.75) is 25.9 Å². The van der Waals surface area contributed by atoms with E-state index in [1.54, 1.807) is 6.20 Å². The molecule has 0 bridgehead atoms. The summed E-state index contributed by atoms with van der Waals surface area (Å²) in [5.74, 6) is 0.498. The van der Waals surface area contributed by atoms with Crippen LogP contribution in [0.4, 0.5) is 0 Å². The van der Waals surface area contributed by atoms with Gasteiger partial charge in [-0.25, -0.2) is 0 Å². The Balaban J connectivity index is 2.02. The second-order valence-corrected chi connectivity index (χ2v) is 5.64. The molecule has 0 amide bonds. The maximum Gasteiger partial charge on any atom is 0.105 e. The van der Waals surface area contributed by atoms with Gasteiger partial charge in [0.15, 0.2) is 0 Å². The first-order chi connectivity index (χ1) is 10.2. The van der Waals surface area contributed by atoms with Crippen molar-refractivity contribution in [2.75, 3.05) is 0 Å². The minimum atomic E-state index is -0.626. The Morgan fingerprint density at radius 1 is 0.857 bits per heavy atom. The fourth-order valence-electron chi connectivity index (χ4n) is 2.61. The van der Waals surface area contributed by atoms with Crippen LogP contribution in [0.1, 0.15) is 42.6 Å². The molecule has 1 unspecified atom stereocenters. The molecular formula is C19H19NO. The second kappa shape index (κ2) is 5.66. The Morgan fingerprint density at radius 2 is 1.57 bits per heavy atom. The van der Waals surface area contributed by atoms with Crippen LogP contribution in [0.25, 0.3) is 10.9 Å². The molecule has 1 heterocycles. The largest absolute Gasteiger partial charge is 0.384 e. The van der Waals surface area contributed by atoms with Gasteiger partial charge in [-0.3, -0.25) is 4.98 Å². The molecule has 0 fully saturated rings. The van der Waals surface area contributed by atoms with Gasteiger partial charge in [0.1, 0.15) is 6.10 Å². The Kier molecular flexibility index (Phi) is 3.72. The van der Waals surface area contributed by atoms with Crippen molar-refractivity contribution in [3.05, 3.63) is 77.5 Å². The molecule has 0 saturated carbocycles. The molecule has 21 heavy (non-hydrogen) atoms. The van der Waals surface area contributed by atoms with Crippen molar-refractivity contribution in [2.24, 2.45) is 0 Å². The molecule has 106 valence electrons. The first kappa shape index (κ1) is 13.8. The Hall–Kier alpha value is -2.19. The molecule has 0 aliphatic carbocycles. The molecule has 3 aromatic rings. The SMILES string of the molecule is CC(C)c1ccc(C(O)c2cccc3ncccc23)cc1. The molecule has 0 spiro atoms. The molecule has 1 aromatic heterocycles. The van der Waals surface area contributed by atoms with Gasteiger partial charge in [-0.15, -0.1) is 0 Å². The zero-order valence-electron chi connectivity index (χ0n) is 12.3. The Bertz CT molecular complexity index is 742. The molecule has 2 heteroatoms. The van der Waals surface area contributed by atoms with E-state index in [9.17, 15) is 5.11 Å². The number of hydrogen-bond donors (Lipinski definition) is 1. The van der Waals surface area contributed by atoms with Crippen molar-refractivity contribution < 1.29 is 5.11 Å². The molecule has 2 aromatic carbocycles. The fraction of sp³-hybridized carbons (Fsp3) is 0.211. The molecule has 0 radical (unpaired) electrons. The maximum atomic E-state index is 10.7. The molecule has 1 atom stereocenters. The number of aromatic nitrogens is 1. The average Bonchev–Trinajstić information content (AvgIpc) is 2.53. The van der Waals surface area contributed by atoms with Crippen molar-refractivity contribution in [3.63, 3.8) is 0 Å². The number of rotatable bonds is 3. The average molecular weight is 277 g/mol. The van der Waals surface area contributed by atoms with Gasteiger partial charge >= 0.3 is 0 Å². The highest BCUT2D eigenvalue weighted by Crippen LogP contribution is 2.28. The number of nitrogens with zero attached hydrogens (tertiary/aromatic N) is 1. The van der Waals surface area contributed by atoms with Gasteiger partial charge in [0.05, 0.1) is 5.52 Å². The fourth-order valence-corrected chi connectivity index (χ4v) is 2.61. The number of aliphatic hydroxyl groups excluding tert-OH is 1. The van der Waals surface area contributed by atoms with Crippen LogP contribution < -0.4 is 0 Å². The summed E-state index contributed by atoms with van der Waals surface area (Å²) in [5, 5.41) is 11.7. The molecule has 0 aliphatic heterocycles. The van der Waals surface area contributed by atoms with E-state index in [4.69, 9.17) is 0 Å². The third kappa shape index (κ3) is 2.67. The lowest BCUT2D eigenvalue weighted by molar-refractivity contribution is 0.222. The van der Waals surface area contributed by atoms with E-state index in [2.05, 4.69) is 31.0 Å². The van der Waals surface area contributed by atoms with E-state index >= 15 is 0 Å². The Morgan fingerprint density at radius 3 is 2.29 bits per heavy atom. The van der Waals surface area contributed by atoms with Crippen LogP contribution in [0.3, 0.4) is 0 Å². The van der Waals surface area contributed by atoms with E-state index < -0.39 is 6.10 Å². The highest BCUT2D eigenvalue weighted by molar-refractivity contribution is 5.82. The molecule has 0 aliphatic rings. The van der Waals surface area contributed by atoms with Gasteiger partial charge in [0.2, 0.25) is 0 Å². The predicted molar refractivity (Wildman–Crippen MR) is 86.3 cm³/mol. The first-order valence-corrected chi connectivity index (χ1v) is 7.28. The van der Waals surface area contributed by atoms with Crippen molar-refractivity contribution in [1.29, 1.82) is 0 Å². The van der Waals surface area contributed by atoms with Crippen LogP contribution in [0.5, 0.6) is 0 Å². The highest BCUT2D eigenvalue weighted by atomic mass is 16.3. The quantitative estimate of drug-likeness (QED) is 0.767. The van der Waals surface area contributed by atoms with Gasteiger partial charge in [-0.1, -0.05) is 56.3 Å². The number of benzene rings is 2. The zero-order chi connectivity index (χ0) is 14.8. The number of aliphatic hydroxyl groups is 1. The lowest BCUT2D eigenvalue weighted by atomic mass is 9.95. The predicted octanol–water partition coefficient (Wildman–Crippen LogP) is 4.44. The molecule has 2 nitrogen and oxygen atoms in total. The minimum Gasteiger partial charge on any atom is -0.384 e. The molecule has 3 rings (SSSR count). The van der Waals surface area contributed by atoms with Gasteiger partial charge in [-0.05, 0) is 34.7 Å². The zero-order valence-corrected chi connectivity index (χ0v) is 12.3. The standard InChI is InChI=1S/C19H19NO/c1-13(2)14-8-10-15(11-9-14)19(21)17-5-3-7-18-16(17)6-4-12-20-18/h3-13,19,21H,1-2H3. The van der Waals surface area contributed by atoms with Crippen LogP contribution in [-0.2, 0) is 0 Å². The van der Waals surface area contributed by atoms with E-state index in [0.29, 0.717) is 5.92 Å². The van der Waals surface area contributed by atoms with E-state index in [1.165, 1.54) is 5.56 Å². The molecule has 1 N–H and O–H groups in total. The summed E-state index contributed by atoms with van der Waals surface area (Å²) < 4.78 is 0. The first-order valence-electron chi connectivity index (χ1n) is 7.28. The van der Waals surface area contributed by atoms with Crippen LogP contribution in [0.2, 0.25) is 0 Å². The monoisotopic (exact) mass is 277 g/mol. The third-order valence-electron chi connectivity index (χ3n) is 3.89. The van der Waals surface area contributed by atoms with Gasteiger partial charge in [-0.2, -0.15) is 0 Å². The molecule has 0 saturated heterocycles. The van der Waals surface area contributed by atoms with E-state index in [1.807, 2.05) is 42.5 Å². The smallest absolute Gasteiger partial charge is 0.105 e. The molecular weight excluding hydrogens is 258 g/mol. The second-order valence-electron chi connectivity index (χ2n) is 5.64. The summed E-state index contributed by atoms with van der Waals surface area (Å²) in [4.78, 5) is 4.34. The summed E-state index contributed by atoms with van der Waals surface area (Å²) in [6.45, 7) is 4.34. The number of hydrogen-bond acceptors (Lipinski definition) is 2. The van der Waals surface area contributed by atoms with E-state index in [-0.39, 0.29) is 0 Å². The summed E-state index contributed by atoms with van der Waals surface area (Å²) in [6, 6.07) is 18.0.